The van der Waals surface area contributed by atoms with Gasteiger partial charge in [0, 0.05) is 38.8 Å². The molecule has 0 amide bonds. The average molecular weight is 275 g/mol. The molecule has 1 N–H and O–H groups in total. The van der Waals surface area contributed by atoms with Gasteiger partial charge in [-0.1, -0.05) is 0 Å². The molecule has 7 heteroatoms. The molecule has 6 nitrogen and oxygen atoms in total. The normalized spacial score (nSPS) is 11.9. The number of aromatic nitrogens is 2. The van der Waals surface area contributed by atoms with E-state index >= 15 is 0 Å². The largest absolute Gasteiger partial charge is 0.383 e. The van der Waals surface area contributed by atoms with Crippen molar-refractivity contribution in [3.63, 3.8) is 0 Å². The second-order valence-corrected chi connectivity index (χ2v) is 6.45. The third-order valence-corrected chi connectivity index (χ3v) is 3.51. The molecule has 0 aromatic carbocycles. The molecule has 0 unspecified atom stereocenters. The first-order valence-electron chi connectivity index (χ1n) is 5.90. The van der Waals surface area contributed by atoms with E-state index in [1.54, 1.807) is 13.3 Å². The summed E-state index contributed by atoms with van der Waals surface area (Å²) in [6, 6.07) is 0. The van der Waals surface area contributed by atoms with E-state index < -0.39 is 9.84 Å². The Bertz CT molecular complexity index is 442. The predicted molar refractivity (Wildman–Crippen MR) is 70.1 cm³/mol. The van der Waals surface area contributed by atoms with Crippen LogP contribution in [0.1, 0.15) is 12.2 Å². The summed E-state index contributed by atoms with van der Waals surface area (Å²) in [6.45, 7) is 2.77. The number of hydrogen-bond acceptors (Lipinski definition) is 5. The van der Waals surface area contributed by atoms with E-state index in [4.69, 9.17) is 4.74 Å². The van der Waals surface area contributed by atoms with Gasteiger partial charge in [-0.25, -0.2) is 13.4 Å². The number of nitrogens with one attached hydrogen (secondary N) is 1. The van der Waals surface area contributed by atoms with Crippen molar-refractivity contribution in [1.29, 1.82) is 0 Å². The highest BCUT2D eigenvalue weighted by Crippen LogP contribution is 2.00. The highest BCUT2D eigenvalue weighted by molar-refractivity contribution is 7.90. The zero-order valence-electron chi connectivity index (χ0n) is 10.9. The van der Waals surface area contributed by atoms with Crippen LogP contribution < -0.4 is 5.32 Å². The van der Waals surface area contributed by atoms with Crippen molar-refractivity contribution in [1.82, 2.24) is 14.9 Å². The van der Waals surface area contributed by atoms with Crippen molar-refractivity contribution in [2.24, 2.45) is 0 Å². The summed E-state index contributed by atoms with van der Waals surface area (Å²) in [5.74, 6) is 1.13. The average Bonchev–Trinajstić information content (AvgIpc) is 2.71. The van der Waals surface area contributed by atoms with Gasteiger partial charge in [-0.05, 0) is 6.42 Å². The van der Waals surface area contributed by atoms with Crippen LogP contribution >= 0.6 is 0 Å². The Morgan fingerprint density at radius 1 is 1.50 bits per heavy atom. The second kappa shape index (κ2) is 7.50. The van der Waals surface area contributed by atoms with Gasteiger partial charge in [-0.15, -0.1) is 0 Å². The SMILES string of the molecule is COCCNCc1nccn1CCCS(C)(=O)=O. The summed E-state index contributed by atoms with van der Waals surface area (Å²) in [7, 11) is -1.22. The van der Waals surface area contributed by atoms with Crippen LogP contribution in [-0.2, 0) is 27.7 Å². The van der Waals surface area contributed by atoms with Gasteiger partial charge < -0.3 is 14.6 Å². The van der Waals surface area contributed by atoms with E-state index in [1.165, 1.54) is 6.26 Å². The van der Waals surface area contributed by atoms with Gasteiger partial charge in [0.25, 0.3) is 0 Å². The highest BCUT2D eigenvalue weighted by Gasteiger charge is 2.05. The van der Waals surface area contributed by atoms with E-state index in [0.717, 1.165) is 12.4 Å². The first-order chi connectivity index (χ1) is 8.53. The lowest BCUT2D eigenvalue weighted by atomic mass is 10.4. The number of sulfone groups is 1. The van der Waals surface area contributed by atoms with Crippen LogP contribution in [0.25, 0.3) is 0 Å². The van der Waals surface area contributed by atoms with Gasteiger partial charge in [-0.3, -0.25) is 0 Å². The summed E-state index contributed by atoms with van der Waals surface area (Å²) in [6.07, 6.45) is 5.47. The van der Waals surface area contributed by atoms with Gasteiger partial charge in [-0.2, -0.15) is 0 Å². The standard InChI is InChI=1S/C11H21N3O3S/c1-17-8-5-12-10-11-13-4-7-14(11)6-3-9-18(2,15)16/h4,7,12H,3,5-6,8-10H2,1-2H3. The third kappa shape index (κ3) is 6.13. The van der Waals surface area contributed by atoms with Crippen LogP contribution in [-0.4, -0.2) is 50.2 Å². The number of imidazole rings is 1. The molecule has 0 saturated carbocycles. The van der Waals surface area contributed by atoms with Crippen LogP contribution in [0, 0.1) is 0 Å². The van der Waals surface area contributed by atoms with E-state index in [-0.39, 0.29) is 5.75 Å². The Hall–Kier alpha value is -0.920. The number of methoxy groups -OCH3 is 1. The summed E-state index contributed by atoms with van der Waals surface area (Å²) < 4.78 is 29.0. The molecule has 0 atom stereocenters. The van der Waals surface area contributed by atoms with Gasteiger partial charge in [0.2, 0.25) is 0 Å². The molecule has 0 bridgehead atoms. The molecule has 0 radical (unpaired) electrons. The minimum Gasteiger partial charge on any atom is -0.383 e. The van der Waals surface area contributed by atoms with Gasteiger partial charge >= 0.3 is 0 Å². The second-order valence-electron chi connectivity index (χ2n) is 4.19. The predicted octanol–water partition coefficient (Wildman–Crippen LogP) is 0.0538. The Balaban J connectivity index is 2.35. The van der Waals surface area contributed by atoms with Crippen molar-refractivity contribution < 1.29 is 13.2 Å². The molecule has 1 aromatic heterocycles. The van der Waals surface area contributed by atoms with E-state index in [2.05, 4.69) is 10.3 Å². The number of rotatable bonds is 9. The molecule has 0 saturated heterocycles. The smallest absolute Gasteiger partial charge is 0.147 e. The van der Waals surface area contributed by atoms with Crippen molar-refractivity contribution in [2.75, 3.05) is 32.3 Å². The molecule has 104 valence electrons. The number of hydrogen-bond donors (Lipinski definition) is 1. The van der Waals surface area contributed by atoms with E-state index in [1.807, 2.05) is 10.8 Å². The summed E-state index contributed by atoms with van der Waals surface area (Å²) >= 11 is 0. The van der Waals surface area contributed by atoms with Crippen LogP contribution in [0.3, 0.4) is 0 Å². The molecule has 0 aliphatic rings. The summed E-state index contributed by atoms with van der Waals surface area (Å²) in [5, 5.41) is 3.21. The van der Waals surface area contributed by atoms with Crippen molar-refractivity contribution >= 4 is 9.84 Å². The van der Waals surface area contributed by atoms with Gasteiger partial charge in [0.1, 0.15) is 15.7 Å². The Kier molecular flexibility index (Phi) is 6.31. The lowest BCUT2D eigenvalue weighted by molar-refractivity contribution is 0.199. The Labute approximate surface area is 108 Å². The zero-order valence-corrected chi connectivity index (χ0v) is 11.7. The molecular weight excluding hydrogens is 254 g/mol. The number of nitrogens with zero attached hydrogens (tertiary/aromatic N) is 2. The fourth-order valence-corrected chi connectivity index (χ4v) is 2.24. The molecule has 0 spiro atoms. The van der Waals surface area contributed by atoms with Crippen molar-refractivity contribution in [3.05, 3.63) is 18.2 Å². The van der Waals surface area contributed by atoms with Gasteiger partial charge in [0.15, 0.2) is 0 Å². The monoisotopic (exact) mass is 275 g/mol. The summed E-state index contributed by atoms with van der Waals surface area (Å²) in [5.41, 5.74) is 0. The maximum atomic E-state index is 11.0. The van der Waals surface area contributed by atoms with Crippen LogP contribution in [0.4, 0.5) is 0 Å². The molecule has 0 fully saturated rings. The molecule has 0 aliphatic heterocycles. The Morgan fingerprint density at radius 3 is 2.94 bits per heavy atom. The van der Waals surface area contributed by atoms with E-state index in [0.29, 0.717) is 26.1 Å². The molecule has 1 aromatic rings. The van der Waals surface area contributed by atoms with E-state index in [9.17, 15) is 8.42 Å². The van der Waals surface area contributed by atoms with Crippen molar-refractivity contribution in [3.8, 4) is 0 Å². The van der Waals surface area contributed by atoms with Crippen LogP contribution in [0.5, 0.6) is 0 Å². The molecule has 1 heterocycles. The highest BCUT2D eigenvalue weighted by atomic mass is 32.2. The fraction of sp³-hybridized carbons (Fsp3) is 0.727. The molecule has 0 aliphatic carbocycles. The topological polar surface area (TPSA) is 73.2 Å². The maximum Gasteiger partial charge on any atom is 0.147 e. The minimum atomic E-state index is -2.88. The molecular formula is C11H21N3O3S. The third-order valence-electron chi connectivity index (χ3n) is 2.48. The van der Waals surface area contributed by atoms with Crippen molar-refractivity contribution in [2.45, 2.75) is 19.5 Å². The summed E-state index contributed by atoms with van der Waals surface area (Å²) in [4.78, 5) is 4.24. The number of aryl methyl sites for hydroxylation is 1. The van der Waals surface area contributed by atoms with Crippen LogP contribution in [0.2, 0.25) is 0 Å². The first kappa shape index (κ1) is 15.1. The fourth-order valence-electron chi connectivity index (χ4n) is 1.58. The maximum absolute atomic E-state index is 11.0. The minimum absolute atomic E-state index is 0.210. The van der Waals surface area contributed by atoms with Crippen LogP contribution in [0.15, 0.2) is 12.4 Å². The zero-order chi connectivity index (χ0) is 13.4. The first-order valence-corrected chi connectivity index (χ1v) is 7.96. The lowest BCUT2D eigenvalue weighted by Gasteiger charge is -2.08. The Morgan fingerprint density at radius 2 is 2.28 bits per heavy atom. The molecule has 1 rings (SSSR count). The lowest BCUT2D eigenvalue weighted by Crippen LogP contribution is -2.21. The number of ether oxygens (including phenoxy) is 1. The quantitative estimate of drug-likeness (QED) is 0.645. The van der Waals surface area contributed by atoms with Gasteiger partial charge in [0.05, 0.1) is 18.9 Å². The molecule has 18 heavy (non-hydrogen) atoms.